The Morgan fingerprint density at radius 2 is 1.72 bits per heavy atom. The number of carbonyl (C=O) groups is 3. The molecule has 0 radical (unpaired) electrons. The van der Waals surface area contributed by atoms with Crippen LogP contribution in [-0.2, 0) is 9.59 Å². The molecule has 0 aromatic heterocycles. The lowest BCUT2D eigenvalue weighted by atomic mass is 9.70. The molecular weight excluding hydrogens is 503 g/mol. The summed E-state index contributed by atoms with van der Waals surface area (Å²) in [7, 11) is 1.38. The second kappa shape index (κ2) is 10.6. The second-order valence-electron chi connectivity index (χ2n) is 12.9. The van der Waals surface area contributed by atoms with Crippen molar-refractivity contribution in [2.24, 2.45) is 28.6 Å². The number of rotatable bonds is 9. The number of hydrogen-bond donors (Lipinski definition) is 3. The van der Waals surface area contributed by atoms with Gasteiger partial charge in [0.15, 0.2) is 11.6 Å². The summed E-state index contributed by atoms with van der Waals surface area (Å²) in [6, 6.07) is 2.24. The maximum Gasteiger partial charge on any atom is 0.309 e. The van der Waals surface area contributed by atoms with Gasteiger partial charge in [-0.1, -0.05) is 13.3 Å². The first-order valence-corrected chi connectivity index (χ1v) is 14.4. The normalized spacial score (nSPS) is 32.7. The average molecular weight is 545 g/mol. The number of aliphatic carboxylic acids is 1. The Kier molecular flexibility index (Phi) is 7.55. The zero-order chi connectivity index (χ0) is 27.9. The van der Waals surface area contributed by atoms with Gasteiger partial charge in [-0.05, 0) is 88.0 Å². The molecule has 2 bridgehead atoms. The molecular formula is C30H41FN2O6. The molecule has 0 heterocycles. The van der Waals surface area contributed by atoms with Crippen LogP contribution < -0.4 is 20.1 Å². The second-order valence-corrected chi connectivity index (χ2v) is 12.9. The third-order valence-corrected chi connectivity index (χ3v) is 10.1. The fourth-order valence-electron chi connectivity index (χ4n) is 7.19. The lowest BCUT2D eigenvalue weighted by molar-refractivity contribution is -0.150. The Labute approximate surface area is 229 Å². The monoisotopic (exact) mass is 544 g/mol. The van der Waals surface area contributed by atoms with Crippen molar-refractivity contribution in [2.45, 2.75) is 90.2 Å². The molecule has 0 unspecified atom stereocenters. The number of methoxy groups -OCH3 is 1. The van der Waals surface area contributed by atoms with Gasteiger partial charge < -0.3 is 25.2 Å². The zero-order valence-corrected chi connectivity index (χ0v) is 23.2. The highest BCUT2D eigenvalue weighted by molar-refractivity contribution is 5.98. The summed E-state index contributed by atoms with van der Waals surface area (Å²) >= 11 is 0. The quantitative estimate of drug-likeness (QED) is 0.415. The van der Waals surface area contributed by atoms with Gasteiger partial charge in [0.05, 0.1) is 30.1 Å². The standard InChI is InChI=1S/C30H41FN2O6/c1-29(9-4-10-29)16-32-27(35)24-17-5-6-18(13-17)25(24)33-26(34)20-14-23(21(31)15-22(20)38-3)39-19-7-11-30(2,12-8-19)28(36)37/h14-15,17-19,24-25H,4-13,16H2,1-3H3,(H,32,35)(H,33,34)(H,36,37)/t17-,18+,19?,24+,25-,30?/m1/s1. The molecule has 8 nitrogen and oxygen atoms in total. The van der Waals surface area contributed by atoms with E-state index in [9.17, 15) is 23.9 Å². The molecule has 4 saturated carbocycles. The fraction of sp³-hybridized carbons (Fsp3) is 0.700. The number of nitrogens with one attached hydrogen (secondary N) is 2. The van der Waals surface area contributed by atoms with Crippen molar-refractivity contribution >= 4 is 17.8 Å². The third-order valence-electron chi connectivity index (χ3n) is 10.1. The van der Waals surface area contributed by atoms with Crippen molar-refractivity contribution in [3.05, 3.63) is 23.5 Å². The number of ether oxygens (including phenoxy) is 2. The van der Waals surface area contributed by atoms with Gasteiger partial charge in [0, 0.05) is 18.7 Å². The third kappa shape index (κ3) is 5.46. The van der Waals surface area contributed by atoms with Gasteiger partial charge in [0.25, 0.3) is 5.91 Å². The molecule has 0 saturated heterocycles. The number of carboxylic acids is 1. The number of halogens is 1. The molecule has 2 amide bonds. The van der Waals surface area contributed by atoms with E-state index in [-0.39, 0.29) is 58.3 Å². The van der Waals surface area contributed by atoms with Crippen molar-refractivity contribution in [1.82, 2.24) is 10.6 Å². The molecule has 214 valence electrons. The van der Waals surface area contributed by atoms with E-state index < -0.39 is 23.1 Å². The van der Waals surface area contributed by atoms with E-state index in [1.165, 1.54) is 19.6 Å². The molecule has 9 heteroatoms. The van der Waals surface area contributed by atoms with E-state index in [2.05, 4.69) is 17.6 Å². The summed E-state index contributed by atoms with van der Waals surface area (Å²) in [5.74, 6) is -1.61. The molecule has 1 aromatic carbocycles. The Balaban J connectivity index is 1.28. The molecule has 4 aliphatic rings. The van der Waals surface area contributed by atoms with Gasteiger partial charge in [-0.2, -0.15) is 0 Å². The van der Waals surface area contributed by atoms with Crippen LogP contribution in [0.1, 0.15) is 88.4 Å². The predicted molar refractivity (Wildman–Crippen MR) is 142 cm³/mol. The van der Waals surface area contributed by atoms with E-state index in [0.717, 1.165) is 38.2 Å². The summed E-state index contributed by atoms with van der Waals surface area (Å²) < 4.78 is 26.2. The average Bonchev–Trinajstić information content (AvgIpc) is 3.50. The highest BCUT2D eigenvalue weighted by Crippen LogP contribution is 2.49. The zero-order valence-electron chi connectivity index (χ0n) is 23.2. The highest BCUT2D eigenvalue weighted by atomic mass is 19.1. The highest BCUT2D eigenvalue weighted by Gasteiger charge is 2.51. The molecule has 4 atom stereocenters. The van der Waals surface area contributed by atoms with E-state index in [0.29, 0.717) is 32.2 Å². The molecule has 3 N–H and O–H groups in total. The molecule has 5 rings (SSSR count). The van der Waals surface area contributed by atoms with Crippen molar-refractivity contribution in [1.29, 1.82) is 0 Å². The van der Waals surface area contributed by atoms with Crippen LogP contribution in [0.3, 0.4) is 0 Å². The first-order valence-electron chi connectivity index (χ1n) is 14.4. The van der Waals surface area contributed by atoms with Gasteiger partial charge in [-0.15, -0.1) is 0 Å². The lowest BCUT2D eigenvalue weighted by Gasteiger charge is -2.39. The molecule has 1 aromatic rings. The van der Waals surface area contributed by atoms with Crippen molar-refractivity contribution in [3.63, 3.8) is 0 Å². The molecule has 4 aliphatic carbocycles. The number of hydrogen-bond acceptors (Lipinski definition) is 5. The summed E-state index contributed by atoms with van der Waals surface area (Å²) in [5.41, 5.74) is -0.472. The smallest absolute Gasteiger partial charge is 0.309 e. The number of amides is 2. The van der Waals surface area contributed by atoms with Crippen LogP contribution in [0.2, 0.25) is 0 Å². The maximum absolute atomic E-state index is 14.9. The van der Waals surface area contributed by atoms with E-state index >= 15 is 0 Å². The Morgan fingerprint density at radius 3 is 2.33 bits per heavy atom. The number of benzene rings is 1. The number of carbonyl (C=O) groups excluding carboxylic acids is 2. The molecule has 0 aliphatic heterocycles. The largest absolute Gasteiger partial charge is 0.496 e. The van der Waals surface area contributed by atoms with Crippen LogP contribution in [0.25, 0.3) is 0 Å². The fourth-order valence-corrected chi connectivity index (χ4v) is 7.19. The van der Waals surface area contributed by atoms with Crippen molar-refractivity contribution < 1.29 is 33.4 Å². The predicted octanol–water partition coefficient (Wildman–Crippen LogP) is 4.70. The van der Waals surface area contributed by atoms with Crippen LogP contribution in [0.5, 0.6) is 11.5 Å². The van der Waals surface area contributed by atoms with Crippen LogP contribution in [0.15, 0.2) is 12.1 Å². The van der Waals surface area contributed by atoms with E-state index in [1.54, 1.807) is 6.92 Å². The van der Waals surface area contributed by atoms with Gasteiger partial charge >= 0.3 is 5.97 Å². The lowest BCUT2D eigenvalue weighted by Crippen LogP contribution is -2.51. The van der Waals surface area contributed by atoms with Gasteiger partial charge in [0.1, 0.15) is 5.75 Å². The number of fused-ring (bicyclic) bond motifs is 2. The van der Waals surface area contributed by atoms with E-state index in [1.807, 2.05) is 0 Å². The molecule has 4 fully saturated rings. The minimum absolute atomic E-state index is 0.0152. The minimum Gasteiger partial charge on any atom is -0.496 e. The Morgan fingerprint density at radius 1 is 1.03 bits per heavy atom. The summed E-state index contributed by atoms with van der Waals surface area (Å²) in [6.07, 6.45) is 7.84. The topological polar surface area (TPSA) is 114 Å². The van der Waals surface area contributed by atoms with Crippen LogP contribution in [-0.4, -0.2) is 48.7 Å². The Hall–Kier alpha value is -2.84. The molecule has 39 heavy (non-hydrogen) atoms. The first-order chi connectivity index (χ1) is 18.5. The van der Waals surface area contributed by atoms with E-state index in [4.69, 9.17) is 9.47 Å². The minimum atomic E-state index is -0.833. The SMILES string of the molecule is COc1cc(F)c(OC2CCC(C)(C(=O)O)CC2)cc1C(=O)N[C@@H]1[C@H]2CC[C@H](C2)[C@@H]1C(=O)NCC1(C)CCC1. The summed E-state index contributed by atoms with van der Waals surface area (Å²) in [4.78, 5) is 38.4. The first kappa shape index (κ1) is 27.7. The van der Waals surface area contributed by atoms with Crippen molar-refractivity contribution in [2.75, 3.05) is 13.7 Å². The Bertz CT molecular complexity index is 1130. The van der Waals surface area contributed by atoms with Gasteiger partial charge in [0.2, 0.25) is 5.91 Å². The van der Waals surface area contributed by atoms with Gasteiger partial charge in [-0.25, -0.2) is 4.39 Å². The molecule has 0 spiro atoms. The van der Waals surface area contributed by atoms with Gasteiger partial charge in [-0.3, -0.25) is 14.4 Å². The van der Waals surface area contributed by atoms with Crippen LogP contribution >= 0.6 is 0 Å². The van der Waals surface area contributed by atoms with Crippen molar-refractivity contribution in [3.8, 4) is 11.5 Å². The maximum atomic E-state index is 14.9. The summed E-state index contributed by atoms with van der Waals surface area (Å²) in [6.45, 7) is 4.59. The van der Waals surface area contributed by atoms with Crippen LogP contribution in [0.4, 0.5) is 4.39 Å². The number of carboxylic acid groups (broad SMARTS) is 1. The summed E-state index contributed by atoms with van der Waals surface area (Å²) in [5, 5.41) is 15.8. The van der Waals surface area contributed by atoms with Crippen LogP contribution in [0, 0.1) is 34.4 Å².